The van der Waals surface area contributed by atoms with E-state index in [1.54, 1.807) is 0 Å². The van der Waals surface area contributed by atoms with E-state index in [0.29, 0.717) is 6.42 Å². The number of Topliss-reactive ketones (excluding diaryl/α,β-unsaturated/α-hetero) is 1. The van der Waals surface area contributed by atoms with Crippen molar-refractivity contribution in [3.63, 3.8) is 0 Å². The van der Waals surface area contributed by atoms with Crippen LogP contribution in [-0.4, -0.2) is 46.4 Å². The first-order valence-corrected chi connectivity index (χ1v) is 8.01. The predicted molar refractivity (Wildman–Crippen MR) is 89.0 cm³/mol. The van der Waals surface area contributed by atoms with Gasteiger partial charge in [0.05, 0.1) is 0 Å². The summed E-state index contributed by atoms with van der Waals surface area (Å²) in [6.45, 7) is 2.22. The number of carboxylic acids is 1. The molecule has 0 aromatic carbocycles. The first-order chi connectivity index (χ1) is 10.1. The Labute approximate surface area is 155 Å². The van der Waals surface area contributed by atoms with Crippen molar-refractivity contribution in [1.29, 1.82) is 0 Å². The number of ketones is 1. The Bertz CT molecular complexity index is 440. The van der Waals surface area contributed by atoms with Crippen LogP contribution in [0.1, 0.15) is 92.2 Å². The maximum absolute atomic E-state index is 11.8. The fourth-order valence-electron chi connectivity index (χ4n) is 2.32. The van der Waals surface area contributed by atoms with E-state index >= 15 is 0 Å². The van der Waals surface area contributed by atoms with E-state index in [4.69, 9.17) is 9.52 Å². The van der Waals surface area contributed by atoms with Gasteiger partial charge < -0.3 is 9.52 Å². The molecule has 1 heterocycles. The summed E-state index contributed by atoms with van der Waals surface area (Å²) in [5.41, 5.74) is 0. The van der Waals surface area contributed by atoms with Crippen LogP contribution in [0, 0.1) is 0 Å². The van der Waals surface area contributed by atoms with Crippen LogP contribution in [0.2, 0.25) is 0 Å². The maximum atomic E-state index is 11.8. The molecule has 0 atom stereocenters. The summed E-state index contributed by atoms with van der Waals surface area (Å²) in [5, 5.41) is 8.73. The predicted octanol–water partition coefficient (Wildman–Crippen LogP) is 4.43. The SMILES string of the molecule is CCCCCCCCCCCC(=O)c1ccc(C(=O)O)o1.[NaH]. The standard InChI is InChI=1S/C17H26O4.Na.H/c1-2-3-4-5-6-7-8-9-10-11-14(18)15-12-13-16(21-15)17(19)20;;/h12-13H,2-11H2,1H3,(H,19,20);;. The first-order valence-electron chi connectivity index (χ1n) is 8.01. The summed E-state index contributed by atoms with van der Waals surface area (Å²) in [7, 11) is 0. The zero-order chi connectivity index (χ0) is 15.5. The summed E-state index contributed by atoms with van der Waals surface area (Å²) in [6, 6.07) is 2.77. The minimum absolute atomic E-state index is 0. The van der Waals surface area contributed by atoms with E-state index in [2.05, 4.69) is 6.92 Å². The van der Waals surface area contributed by atoms with Gasteiger partial charge in [-0.2, -0.15) is 0 Å². The molecule has 22 heavy (non-hydrogen) atoms. The van der Waals surface area contributed by atoms with Crippen molar-refractivity contribution in [3.8, 4) is 0 Å². The molecule has 1 N–H and O–H groups in total. The second-order valence-electron chi connectivity index (χ2n) is 5.47. The van der Waals surface area contributed by atoms with Gasteiger partial charge in [-0.25, -0.2) is 4.79 Å². The van der Waals surface area contributed by atoms with Crippen LogP contribution in [0.5, 0.6) is 0 Å². The molecule has 0 aliphatic rings. The number of carbonyl (C=O) groups is 2. The van der Waals surface area contributed by atoms with Gasteiger partial charge >= 0.3 is 35.5 Å². The number of carboxylic acid groups (broad SMARTS) is 1. The molecule has 5 heteroatoms. The number of unbranched alkanes of at least 4 members (excludes halogenated alkanes) is 8. The van der Waals surface area contributed by atoms with E-state index in [1.165, 1.54) is 50.7 Å². The van der Waals surface area contributed by atoms with Crippen LogP contribution >= 0.6 is 0 Å². The molecule has 0 radical (unpaired) electrons. The fourth-order valence-corrected chi connectivity index (χ4v) is 2.32. The van der Waals surface area contributed by atoms with Gasteiger partial charge in [0.2, 0.25) is 5.76 Å². The third-order valence-electron chi connectivity index (χ3n) is 3.60. The zero-order valence-electron chi connectivity index (χ0n) is 12.9. The van der Waals surface area contributed by atoms with Crippen molar-refractivity contribution in [3.05, 3.63) is 23.7 Å². The summed E-state index contributed by atoms with van der Waals surface area (Å²) < 4.78 is 4.99. The van der Waals surface area contributed by atoms with Gasteiger partial charge in [0.1, 0.15) is 0 Å². The van der Waals surface area contributed by atoms with Crippen molar-refractivity contribution in [2.45, 2.75) is 71.1 Å². The third-order valence-corrected chi connectivity index (χ3v) is 3.60. The van der Waals surface area contributed by atoms with E-state index in [-0.39, 0.29) is 46.9 Å². The Morgan fingerprint density at radius 1 is 0.909 bits per heavy atom. The van der Waals surface area contributed by atoms with Crippen LogP contribution < -0.4 is 0 Å². The topological polar surface area (TPSA) is 67.5 Å². The minimum atomic E-state index is -1.14. The molecule has 1 aromatic heterocycles. The average molecular weight is 318 g/mol. The molecule has 0 amide bonds. The average Bonchev–Trinajstić information content (AvgIpc) is 2.95. The number of rotatable bonds is 12. The third kappa shape index (κ3) is 8.76. The van der Waals surface area contributed by atoms with Crippen LogP contribution in [0.25, 0.3) is 0 Å². The molecule has 1 aromatic rings. The molecule has 0 aliphatic carbocycles. The molecule has 0 saturated carbocycles. The molecule has 120 valence electrons. The number of furan rings is 1. The van der Waals surface area contributed by atoms with Crippen LogP contribution in [0.4, 0.5) is 0 Å². The first kappa shape index (κ1) is 21.4. The number of carbonyl (C=O) groups excluding carboxylic acids is 1. The second kappa shape index (κ2) is 12.9. The zero-order valence-corrected chi connectivity index (χ0v) is 12.9. The van der Waals surface area contributed by atoms with Gasteiger partial charge in [-0.1, -0.05) is 58.3 Å². The molecule has 0 fully saturated rings. The van der Waals surface area contributed by atoms with Gasteiger partial charge in [-0.05, 0) is 18.6 Å². The van der Waals surface area contributed by atoms with Crippen LogP contribution in [0.3, 0.4) is 0 Å². The molecular weight excluding hydrogens is 291 g/mol. The quantitative estimate of drug-likeness (QED) is 0.351. The van der Waals surface area contributed by atoms with Gasteiger partial charge in [0.25, 0.3) is 0 Å². The molecule has 0 spiro atoms. The molecular formula is C17H27NaO4. The van der Waals surface area contributed by atoms with Crippen molar-refractivity contribution in [2.75, 3.05) is 0 Å². The number of hydrogen-bond donors (Lipinski definition) is 1. The van der Waals surface area contributed by atoms with Crippen LogP contribution in [-0.2, 0) is 0 Å². The summed E-state index contributed by atoms with van der Waals surface area (Å²) in [5.74, 6) is -1.26. The Morgan fingerprint density at radius 3 is 1.91 bits per heavy atom. The van der Waals surface area contributed by atoms with E-state index in [1.807, 2.05) is 0 Å². The number of aromatic carboxylic acids is 1. The Hall–Kier alpha value is -0.580. The van der Waals surface area contributed by atoms with Crippen molar-refractivity contribution in [1.82, 2.24) is 0 Å². The Kier molecular flexibility index (Phi) is 12.6. The van der Waals surface area contributed by atoms with Crippen molar-refractivity contribution >= 4 is 41.3 Å². The normalized spacial score (nSPS) is 10.2. The second-order valence-corrected chi connectivity index (χ2v) is 5.47. The van der Waals surface area contributed by atoms with E-state index in [0.717, 1.165) is 19.3 Å². The van der Waals surface area contributed by atoms with Gasteiger partial charge in [-0.3, -0.25) is 4.79 Å². The Balaban J connectivity index is 0.00000441. The number of hydrogen-bond acceptors (Lipinski definition) is 3. The Morgan fingerprint density at radius 2 is 1.41 bits per heavy atom. The molecule has 0 aliphatic heterocycles. The summed E-state index contributed by atoms with van der Waals surface area (Å²) in [6.07, 6.45) is 11.3. The van der Waals surface area contributed by atoms with Crippen molar-refractivity contribution in [2.24, 2.45) is 0 Å². The molecule has 4 nitrogen and oxygen atoms in total. The van der Waals surface area contributed by atoms with Gasteiger partial charge in [-0.15, -0.1) is 0 Å². The van der Waals surface area contributed by atoms with E-state index in [9.17, 15) is 9.59 Å². The molecule has 1 rings (SSSR count). The molecule has 0 saturated heterocycles. The molecule has 0 bridgehead atoms. The summed E-state index contributed by atoms with van der Waals surface area (Å²) >= 11 is 0. The monoisotopic (exact) mass is 318 g/mol. The van der Waals surface area contributed by atoms with Gasteiger partial charge in [0, 0.05) is 6.42 Å². The fraction of sp³-hybridized carbons (Fsp3) is 0.647. The molecule has 0 unspecified atom stereocenters. The van der Waals surface area contributed by atoms with E-state index < -0.39 is 5.97 Å². The van der Waals surface area contributed by atoms with Gasteiger partial charge in [0.15, 0.2) is 11.5 Å². The van der Waals surface area contributed by atoms with Crippen molar-refractivity contribution < 1.29 is 19.1 Å². The summed E-state index contributed by atoms with van der Waals surface area (Å²) in [4.78, 5) is 22.5. The van der Waals surface area contributed by atoms with Crippen LogP contribution in [0.15, 0.2) is 16.5 Å².